The molecule has 0 aliphatic heterocycles. The lowest BCUT2D eigenvalue weighted by Crippen LogP contribution is -2.04. The number of aromatic hydroxyl groups is 1. The Labute approximate surface area is 107 Å². The van der Waals surface area contributed by atoms with E-state index in [1.54, 1.807) is 0 Å². The number of nitrogens with zero attached hydrogens (tertiary/aromatic N) is 2. The number of alkyl halides is 3. The van der Waals surface area contributed by atoms with Gasteiger partial charge in [0, 0.05) is 17.3 Å². The Hall–Kier alpha value is -2.11. The third kappa shape index (κ3) is 2.67. The fourth-order valence-electron chi connectivity index (χ4n) is 1.80. The van der Waals surface area contributed by atoms with E-state index in [-0.39, 0.29) is 0 Å². The summed E-state index contributed by atoms with van der Waals surface area (Å²) < 4.78 is 37.5. The van der Waals surface area contributed by atoms with E-state index in [1.807, 2.05) is 6.92 Å². The number of hydrogen-bond donors (Lipinski definition) is 1. The molecule has 0 saturated heterocycles. The molecule has 1 aromatic heterocycles. The molecule has 0 bridgehead atoms. The molecule has 0 unspecified atom stereocenters. The van der Waals surface area contributed by atoms with E-state index < -0.39 is 17.5 Å². The second-order valence-electron chi connectivity index (χ2n) is 3.97. The van der Waals surface area contributed by atoms with Gasteiger partial charge in [-0.1, -0.05) is 6.92 Å². The average molecular weight is 268 g/mol. The number of phenols is 1. The third-order valence-corrected chi connectivity index (χ3v) is 2.74. The summed E-state index contributed by atoms with van der Waals surface area (Å²) in [4.78, 5) is 7.88. The number of hydrogen-bond acceptors (Lipinski definition) is 3. The lowest BCUT2D eigenvalue weighted by atomic mass is 10.0. The highest BCUT2D eigenvalue weighted by Crippen LogP contribution is 2.36. The molecule has 0 fully saturated rings. The lowest BCUT2D eigenvalue weighted by Gasteiger charge is -2.11. The molecule has 3 nitrogen and oxygen atoms in total. The van der Waals surface area contributed by atoms with Crippen LogP contribution in [0, 0.1) is 0 Å². The fourth-order valence-corrected chi connectivity index (χ4v) is 1.80. The van der Waals surface area contributed by atoms with Gasteiger partial charge in [-0.15, -0.1) is 0 Å². The van der Waals surface area contributed by atoms with E-state index >= 15 is 0 Å². The van der Waals surface area contributed by atoms with Gasteiger partial charge in [0.25, 0.3) is 0 Å². The molecule has 0 atom stereocenters. The molecule has 0 aliphatic rings. The van der Waals surface area contributed by atoms with Crippen LogP contribution in [-0.2, 0) is 12.6 Å². The summed E-state index contributed by atoms with van der Waals surface area (Å²) in [6, 6.07) is 2.87. The van der Waals surface area contributed by atoms with Crippen molar-refractivity contribution in [1.82, 2.24) is 9.97 Å². The summed E-state index contributed by atoms with van der Waals surface area (Å²) in [5.41, 5.74) is 0.621. The summed E-state index contributed by atoms with van der Waals surface area (Å²) in [7, 11) is 0. The van der Waals surface area contributed by atoms with Crippen molar-refractivity contribution < 1.29 is 18.3 Å². The minimum Gasteiger partial charge on any atom is -0.507 e. The van der Waals surface area contributed by atoms with E-state index in [4.69, 9.17) is 0 Å². The first kappa shape index (κ1) is 13.3. The minimum absolute atomic E-state index is 0.297. The maximum Gasteiger partial charge on any atom is 0.416 e. The van der Waals surface area contributed by atoms with Crippen LogP contribution in [0.25, 0.3) is 11.1 Å². The van der Waals surface area contributed by atoms with E-state index in [2.05, 4.69) is 9.97 Å². The van der Waals surface area contributed by atoms with Gasteiger partial charge in [-0.3, -0.25) is 0 Å². The number of benzene rings is 1. The Bertz CT molecular complexity index is 597. The summed E-state index contributed by atoms with van der Waals surface area (Å²) in [5, 5.41) is 9.77. The first-order valence-corrected chi connectivity index (χ1v) is 5.63. The smallest absolute Gasteiger partial charge is 0.416 e. The highest BCUT2D eigenvalue weighted by atomic mass is 19.4. The van der Waals surface area contributed by atoms with Crippen LogP contribution >= 0.6 is 0 Å². The Morgan fingerprint density at radius 1 is 1.21 bits per heavy atom. The molecule has 0 spiro atoms. The van der Waals surface area contributed by atoms with Crippen LogP contribution in [0.5, 0.6) is 5.75 Å². The van der Waals surface area contributed by atoms with E-state index in [0.29, 0.717) is 29.3 Å². The van der Waals surface area contributed by atoms with Crippen LogP contribution in [0.4, 0.5) is 13.2 Å². The first-order valence-electron chi connectivity index (χ1n) is 5.63. The largest absolute Gasteiger partial charge is 0.507 e. The highest BCUT2D eigenvalue weighted by Gasteiger charge is 2.31. The van der Waals surface area contributed by atoms with E-state index in [0.717, 1.165) is 6.07 Å². The third-order valence-electron chi connectivity index (χ3n) is 2.74. The van der Waals surface area contributed by atoms with Gasteiger partial charge >= 0.3 is 6.18 Å². The van der Waals surface area contributed by atoms with Gasteiger partial charge in [0.15, 0.2) is 0 Å². The Kier molecular flexibility index (Phi) is 3.42. The van der Waals surface area contributed by atoms with Gasteiger partial charge in [0.2, 0.25) is 0 Å². The van der Waals surface area contributed by atoms with Crippen molar-refractivity contribution in [2.24, 2.45) is 0 Å². The van der Waals surface area contributed by atoms with Crippen LogP contribution < -0.4 is 0 Å². The van der Waals surface area contributed by atoms with Crippen LogP contribution in [0.15, 0.2) is 30.7 Å². The van der Waals surface area contributed by atoms with Crippen LogP contribution in [-0.4, -0.2) is 15.1 Å². The van der Waals surface area contributed by atoms with Crippen molar-refractivity contribution in [3.8, 4) is 16.9 Å². The molecular formula is C13H11F3N2O. The Morgan fingerprint density at radius 3 is 2.53 bits per heavy atom. The predicted molar refractivity (Wildman–Crippen MR) is 63.5 cm³/mol. The zero-order valence-corrected chi connectivity index (χ0v) is 10.1. The second-order valence-corrected chi connectivity index (χ2v) is 3.97. The molecule has 0 amide bonds. The molecule has 2 aromatic rings. The van der Waals surface area contributed by atoms with Gasteiger partial charge in [-0.05, 0) is 24.6 Å². The highest BCUT2D eigenvalue weighted by molar-refractivity contribution is 5.71. The first-order chi connectivity index (χ1) is 8.93. The molecule has 1 N–H and O–H groups in total. The number of phenolic OH excluding ortho intramolecular Hbond substituents is 1. The maximum absolute atomic E-state index is 12.5. The minimum atomic E-state index is -4.48. The molecule has 2 rings (SSSR count). The number of rotatable bonds is 2. The number of aryl methyl sites for hydroxylation is 1. The van der Waals surface area contributed by atoms with Gasteiger partial charge in [-0.2, -0.15) is 13.2 Å². The van der Waals surface area contributed by atoms with Gasteiger partial charge in [-0.25, -0.2) is 9.97 Å². The molecule has 0 radical (unpaired) electrons. The Balaban J connectivity index is 2.53. The van der Waals surface area contributed by atoms with Crippen molar-refractivity contribution in [2.75, 3.05) is 0 Å². The van der Waals surface area contributed by atoms with Crippen molar-refractivity contribution in [2.45, 2.75) is 19.5 Å². The molecule has 0 aliphatic carbocycles. The van der Waals surface area contributed by atoms with Crippen molar-refractivity contribution in [1.29, 1.82) is 0 Å². The Morgan fingerprint density at radius 2 is 1.95 bits per heavy atom. The monoisotopic (exact) mass is 268 g/mol. The summed E-state index contributed by atoms with van der Waals surface area (Å²) in [5.74, 6) is -0.431. The topological polar surface area (TPSA) is 46.0 Å². The zero-order chi connectivity index (χ0) is 14.0. The molecule has 6 heteroatoms. The summed E-state index contributed by atoms with van der Waals surface area (Å²) >= 11 is 0. The van der Waals surface area contributed by atoms with Gasteiger partial charge in [0.05, 0.1) is 11.3 Å². The number of halogens is 3. The normalized spacial score (nSPS) is 11.6. The van der Waals surface area contributed by atoms with E-state index in [9.17, 15) is 18.3 Å². The quantitative estimate of drug-likeness (QED) is 0.907. The van der Waals surface area contributed by atoms with Crippen molar-refractivity contribution in [3.05, 3.63) is 42.0 Å². The molecule has 100 valence electrons. The summed E-state index contributed by atoms with van der Waals surface area (Å²) in [6.07, 6.45) is -1.04. The maximum atomic E-state index is 12.5. The SMILES string of the molecule is CCc1ncncc1-c1ccc(C(F)(F)F)cc1O. The standard InChI is InChI=1S/C13H11F3N2O/c1-2-11-10(6-17-7-18-11)9-4-3-8(5-12(9)19)13(14,15)16/h3-7,19H,2H2,1H3. The predicted octanol–water partition coefficient (Wildman–Crippen LogP) is 3.43. The molecule has 1 aromatic carbocycles. The second kappa shape index (κ2) is 4.87. The average Bonchev–Trinajstić information content (AvgIpc) is 2.37. The van der Waals surface area contributed by atoms with Crippen LogP contribution in [0.1, 0.15) is 18.2 Å². The van der Waals surface area contributed by atoms with Crippen molar-refractivity contribution >= 4 is 0 Å². The van der Waals surface area contributed by atoms with Gasteiger partial charge < -0.3 is 5.11 Å². The van der Waals surface area contributed by atoms with Gasteiger partial charge in [0.1, 0.15) is 12.1 Å². The number of aromatic nitrogens is 2. The summed E-state index contributed by atoms with van der Waals surface area (Å²) in [6.45, 7) is 1.87. The zero-order valence-electron chi connectivity index (χ0n) is 10.1. The van der Waals surface area contributed by atoms with Crippen LogP contribution in [0.3, 0.4) is 0 Å². The van der Waals surface area contributed by atoms with E-state index in [1.165, 1.54) is 18.6 Å². The molecule has 19 heavy (non-hydrogen) atoms. The molecular weight excluding hydrogens is 257 g/mol. The molecule has 0 saturated carbocycles. The van der Waals surface area contributed by atoms with Crippen LogP contribution in [0.2, 0.25) is 0 Å². The molecule has 1 heterocycles. The fraction of sp³-hybridized carbons (Fsp3) is 0.231. The lowest BCUT2D eigenvalue weighted by molar-refractivity contribution is -0.137. The van der Waals surface area contributed by atoms with Crippen molar-refractivity contribution in [3.63, 3.8) is 0 Å².